The molecule has 0 aromatic heterocycles. The molecule has 0 aliphatic carbocycles. The number of likely N-dealkylation sites (N-methyl/N-ethyl adjacent to an activating group) is 1. The van der Waals surface area contributed by atoms with Gasteiger partial charge >= 0.3 is 5.69 Å². The number of hydrogen-bond donors (Lipinski definition) is 3. The summed E-state index contributed by atoms with van der Waals surface area (Å²) in [4.78, 5) is 21.0. The highest BCUT2D eigenvalue weighted by molar-refractivity contribution is 6.01. The van der Waals surface area contributed by atoms with E-state index in [-0.39, 0.29) is 11.1 Å². The summed E-state index contributed by atoms with van der Waals surface area (Å²) >= 11 is 0. The van der Waals surface area contributed by atoms with Gasteiger partial charge in [-0.15, -0.1) is 0 Å². The second kappa shape index (κ2) is 5.50. The molecule has 0 aliphatic rings. The van der Waals surface area contributed by atoms with Crippen LogP contribution in [0.25, 0.3) is 6.08 Å². The summed E-state index contributed by atoms with van der Waals surface area (Å²) in [6, 6.07) is 3.56. The number of nitro groups is 1. The first-order valence-corrected chi connectivity index (χ1v) is 4.95. The van der Waals surface area contributed by atoms with E-state index < -0.39 is 28.0 Å². The van der Waals surface area contributed by atoms with Gasteiger partial charge in [0.1, 0.15) is 11.6 Å². The molecule has 19 heavy (non-hydrogen) atoms. The number of nitro benzene ring substituents is 1. The molecule has 0 aliphatic heterocycles. The molecule has 3 N–H and O–H groups in total. The summed E-state index contributed by atoms with van der Waals surface area (Å²) in [5.41, 5.74) is -0.968. The normalized spacial score (nSPS) is 10.6. The average Bonchev–Trinajstić information content (AvgIpc) is 2.38. The van der Waals surface area contributed by atoms with Crippen molar-refractivity contribution in [3.05, 3.63) is 33.4 Å². The van der Waals surface area contributed by atoms with Crippen molar-refractivity contribution in [1.82, 2.24) is 5.32 Å². The number of benzene rings is 1. The standard InChI is InChI=1S/C11H9N3O5/c1-13-11(17)7(5-12)2-6-3-8(14(18)19)10(16)9(15)4-6/h2-4,15-16H,1H3,(H,13,17)/b7-2+. The third kappa shape index (κ3) is 2.98. The molecular formula is C11H9N3O5. The summed E-state index contributed by atoms with van der Waals surface area (Å²) in [5, 5.41) is 40.3. The molecule has 0 radical (unpaired) electrons. The van der Waals surface area contributed by atoms with Gasteiger partial charge in [0.15, 0.2) is 5.75 Å². The van der Waals surface area contributed by atoms with Crippen molar-refractivity contribution in [2.24, 2.45) is 0 Å². The molecule has 98 valence electrons. The quantitative estimate of drug-likeness (QED) is 0.241. The number of phenols is 2. The second-order valence-corrected chi connectivity index (χ2v) is 3.41. The van der Waals surface area contributed by atoms with E-state index >= 15 is 0 Å². The Kier molecular flexibility index (Phi) is 4.05. The Balaban J connectivity index is 3.38. The number of rotatable bonds is 3. The molecule has 0 saturated carbocycles. The fraction of sp³-hybridized carbons (Fsp3) is 0.0909. The Morgan fingerprint density at radius 3 is 2.63 bits per heavy atom. The molecule has 1 rings (SSSR count). The molecule has 0 atom stereocenters. The average molecular weight is 263 g/mol. The van der Waals surface area contributed by atoms with Gasteiger partial charge < -0.3 is 15.5 Å². The molecule has 0 bridgehead atoms. The lowest BCUT2D eigenvalue weighted by Crippen LogP contribution is -2.19. The third-order valence-corrected chi connectivity index (χ3v) is 2.19. The minimum atomic E-state index is -0.891. The van der Waals surface area contributed by atoms with Crippen molar-refractivity contribution in [3.8, 4) is 17.6 Å². The van der Waals surface area contributed by atoms with Crippen molar-refractivity contribution in [2.45, 2.75) is 0 Å². The van der Waals surface area contributed by atoms with Crippen LogP contribution in [0.5, 0.6) is 11.5 Å². The Morgan fingerprint density at radius 2 is 2.16 bits per heavy atom. The molecule has 1 aromatic carbocycles. The van der Waals surface area contributed by atoms with Crippen LogP contribution in [0.2, 0.25) is 0 Å². The van der Waals surface area contributed by atoms with Crippen LogP contribution in [0.4, 0.5) is 5.69 Å². The largest absolute Gasteiger partial charge is 0.504 e. The maximum Gasteiger partial charge on any atom is 0.315 e. The predicted octanol–water partition coefficient (Wildman–Crippen LogP) is 0.659. The maximum atomic E-state index is 11.3. The van der Waals surface area contributed by atoms with Crippen LogP contribution in [0.15, 0.2) is 17.7 Å². The van der Waals surface area contributed by atoms with Crippen molar-refractivity contribution >= 4 is 17.7 Å². The first-order valence-electron chi connectivity index (χ1n) is 4.95. The van der Waals surface area contributed by atoms with E-state index in [1.54, 1.807) is 6.07 Å². The van der Waals surface area contributed by atoms with Crippen molar-refractivity contribution < 1.29 is 19.9 Å². The molecule has 8 nitrogen and oxygen atoms in total. The number of carbonyl (C=O) groups is 1. The summed E-state index contributed by atoms with van der Waals surface area (Å²) < 4.78 is 0. The SMILES string of the molecule is CNC(=O)/C(C#N)=C/c1cc(O)c(O)c([N+](=O)[O-])c1. The summed E-state index contributed by atoms with van der Waals surface area (Å²) in [5.74, 6) is -2.26. The van der Waals surface area contributed by atoms with Gasteiger partial charge in [-0.3, -0.25) is 14.9 Å². The lowest BCUT2D eigenvalue weighted by atomic mass is 10.1. The smallest absolute Gasteiger partial charge is 0.315 e. The monoisotopic (exact) mass is 263 g/mol. The molecule has 0 saturated heterocycles. The van der Waals surface area contributed by atoms with Crippen molar-refractivity contribution in [1.29, 1.82) is 5.26 Å². The number of nitrogens with one attached hydrogen (secondary N) is 1. The van der Waals surface area contributed by atoms with Crippen molar-refractivity contribution in [3.63, 3.8) is 0 Å². The molecule has 8 heteroatoms. The number of amides is 1. The zero-order valence-corrected chi connectivity index (χ0v) is 9.75. The van der Waals surface area contributed by atoms with E-state index in [0.717, 1.165) is 18.2 Å². The minimum Gasteiger partial charge on any atom is -0.504 e. The summed E-state index contributed by atoms with van der Waals surface area (Å²) in [6.07, 6.45) is 1.06. The van der Waals surface area contributed by atoms with Gasteiger partial charge in [0.05, 0.1) is 4.92 Å². The van der Waals surface area contributed by atoms with E-state index in [0.29, 0.717) is 0 Å². The minimum absolute atomic E-state index is 0.0437. The highest BCUT2D eigenvalue weighted by atomic mass is 16.6. The zero-order valence-electron chi connectivity index (χ0n) is 9.75. The molecule has 0 heterocycles. The number of nitrogens with zero attached hydrogens (tertiary/aromatic N) is 2. The molecule has 0 spiro atoms. The highest BCUT2D eigenvalue weighted by Gasteiger charge is 2.19. The Labute approximate surface area is 107 Å². The van der Waals surface area contributed by atoms with E-state index in [4.69, 9.17) is 5.26 Å². The second-order valence-electron chi connectivity index (χ2n) is 3.41. The third-order valence-electron chi connectivity index (χ3n) is 2.19. The number of nitriles is 1. The molecule has 1 amide bonds. The summed E-state index contributed by atoms with van der Waals surface area (Å²) in [7, 11) is 1.32. The zero-order chi connectivity index (χ0) is 14.6. The highest BCUT2D eigenvalue weighted by Crippen LogP contribution is 2.36. The lowest BCUT2D eigenvalue weighted by molar-refractivity contribution is -0.386. The number of carbonyl (C=O) groups excluding carboxylic acids is 1. The topological polar surface area (TPSA) is 136 Å². The Bertz CT molecular complexity index is 615. The van der Waals surface area contributed by atoms with Gasteiger partial charge in [-0.1, -0.05) is 0 Å². The Hall–Kier alpha value is -3.08. The first-order chi connectivity index (χ1) is 8.90. The molecule has 0 fully saturated rings. The van der Waals surface area contributed by atoms with Crippen molar-refractivity contribution in [2.75, 3.05) is 7.05 Å². The van der Waals surface area contributed by atoms with Gasteiger partial charge in [-0.05, 0) is 17.7 Å². The van der Waals surface area contributed by atoms with Gasteiger partial charge in [0.2, 0.25) is 5.75 Å². The van der Waals surface area contributed by atoms with Gasteiger partial charge in [-0.25, -0.2) is 0 Å². The Morgan fingerprint density at radius 1 is 1.53 bits per heavy atom. The van der Waals surface area contributed by atoms with E-state index in [1.165, 1.54) is 7.05 Å². The van der Waals surface area contributed by atoms with E-state index in [2.05, 4.69) is 5.32 Å². The number of phenolic OH excluding ortho intramolecular Hbond substituents is 2. The van der Waals surface area contributed by atoms with Crippen LogP contribution in [0.3, 0.4) is 0 Å². The van der Waals surface area contributed by atoms with Gasteiger partial charge in [0.25, 0.3) is 5.91 Å². The van der Waals surface area contributed by atoms with Crippen LogP contribution < -0.4 is 5.32 Å². The first kappa shape index (κ1) is 14.0. The number of hydrogen-bond acceptors (Lipinski definition) is 6. The lowest BCUT2D eigenvalue weighted by Gasteiger charge is -2.02. The van der Waals surface area contributed by atoms with E-state index in [1.807, 2.05) is 0 Å². The van der Waals surface area contributed by atoms with Gasteiger partial charge in [-0.2, -0.15) is 5.26 Å². The van der Waals surface area contributed by atoms with Gasteiger partial charge in [0, 0.05) is 13.1 Å². The fourth-order valence-corrected chi connectivity index (χ4v) is 1.30. The molecular weight excluding hydrogens is 254 g/mol. The maximum absolute atomic E-state index is 11.3. The van der Waals surface area contributed by atoms with Crippen LogP contribution in [-0.4, -0.2) is 28.1 Å². The number of aromatic hydroxyl groups is 2. The van der Waals surface area contributed by atoms with E-state index in [9.17, 15) is 25.1 Å². The fourth-order valence-electron chi connectivity index (χ4n) is 1.30. The molecule has 0 unspecified atom stereocenters. The van der Waals surface area contributed by atoms with Crippen LogP contribution in [0, 0.1) is 21.4 Å². The van der Waals surface area contributed by atoms with Crippen LogP contribution in [-0.2, 0) is 4.79 Å². The predicted molar refractivity (Wildman–Crippen MR) is 64.1 cm³/mol. The summed E-state index contributed by atoms with van der Waals surface area (Å²) in [6.45, 7) is 0. The van der Waals surface area contributed by atoms with Crippen LogP contribution >= 0.6 is 0 Å². The van der Waals surface area contributed by atoms with Crippen LogP contribution in [0.1, 0.15) is 5.56 Å². The molecule has 1 aromatic rings.